The summed E-state index contributed by atoms with van der Waals surface area (Å²) in [4.78, 5) is 64.1. The zero-order valence-electron chi connectivity index (χ0n) is 27.1. The molecule has 0 radical (unpaired) electrons. The lowest BCUT2D eigenvalue weighted by molar-refractivity contribution is 0.0527. The van der Waals surface area contributed by atoms with Crippen molar-refractivity contribution < 1.29 is 19.2 Å². The van der Waals surface area contributed by atoms with Crippen LogP contribution in [0, 0.1) is 10.7 Å². The second-order valence-electron chi connectivity index (χ2n) is 12.8. The molecule has 2 atom stereocenters. The Morgan fingerprint density at radius 3 is 1.69 bits per heavy atom. The summed E-state index contributed by atoms with van der Waals surface area (Å²) in [6, 6.07) is 9.98. The second kappa shape index (κ2) is 12.1. The van der Waals surface area contributed by atoms with Gasteiger partial charge in [-0.3, -0.25) is 29.0 Å². The van der Waals surface area contributed by atoms with Gasteiger partial charge >= 0.3 is 0 Å². The number of thiocarbonyl (C=S) groups is 1. The SMILES string of the molecule is CCCCC(C)N1C(=O)c2ccc3c4c(SC#N)cc5c6c(ccc(c7c(N=C=S)cc(c2c37)C1=O)c64)C(=O)N(C(C)CCCC)C5=O. The average molecular weight is 673 g/mol. The third kappa shape index (κ3) is 4.42. The van der Waals surface area contributed by atoms with Gasteiger partial charge in [0.25, 0.3) is 23.6 Å². The summed E-state index contributed by atoms with van der Waals surface area (Å²) in [7, 11) is 0. The van der Waals surface area contributed by atoms with E-state index in [4.69, 9.17) is 12.2 Å². The highest BCUT2D eigenvalue weighted by atomic mass is 32.2. The first-order valence-corrected chi connectivity index (χ1v) is 17.6. The van der Waals surface area contributed by atoms with Gasteiger partial charge in [-0.15, -0.1) is 0 Å². The number of imide groups is 2. The highest BCUT2D eigenvalue weighted by Crippen LogP contribution is 2.51. The fourth-order valence-corrected chi connectivity index (χ4v) is 8.46. The lowest BCUT2D eigenvalue weighted by Crippen LogP contribution is -2.46. The molecule has 4 amide bonds. The summed E-state index contributed by atoms with van der Waals surface area (Å²) < 4.78 is 0. The zero-order valence-corrected chi connectivity index (χ0v) is 28.7. The summed E-state index contributed by atoms with van der Waals surface area (Å²) in [6.45, 7) is 7.93. The maximum Gasteiger partial charge on any atom is 0.261 e. The summed E-state index contributed by atoms with van der Waals surface area (Å²) in [6.07, 6.45) is 5.02. The van der Waals surface area contributed by atoms with E-state index in [0.717, 1.165) is 37.4 Å². The molecule has 0 fully saturated rings. The van der Waals surface area contributed by atoms with Crippen LogP contribution >= 0.6 is 24.0 Å². The fourth-order valence-electron chi connectivity index (χ4n) is 7.77. The number of rotatable bonds is 10. The highest BCUT2D eigenvalue weighted by Gasteiger charge is 2.40. The van der Waals surface area contributed by atoms with Crippen LogP contribution in [0.5, 0.6) is 0 Å². The summed E-state index contributed by atoms with van der Waals surface area (Å²) in [5.41, 5.74) is 1.94. The first-order valence-electron chi connectivity index (χ1n) is 16.4. The van der Waals surface area contributed by atoms with E-state index in [1.807, 2.05) is 26.0 Å². The van der Waals surface area contributed by atoms with Gasteiger partial charge in [0.1, 0.15) is 5.40 Å². The van der Waals surface area contributed by atoms with Crippen LogP contribution in [0.1, 0.15) is 108 Å². The van der Waals surface area contributed by atoms with Crippen molar-refractivity contribution in [2.24, 2.45) is 4.99 Å². The number of nitriles is 1. The van der Waals surface area contributed by atoms with E-state index in [2.05, 4.69) is 29.4 Å². The Morgan fingerprint density at radius 1 is 0.708 bits per heavy atom. The first-order chi connectivity index (χ1) is 23.2. The minimum atomic E-state index is -0.392. The third-order valence-corrected chi connectivity index (χ3v) is 10.7. The number of carbonyl (C=O) groups is 4. The monoisotopic (exact) mass is 672 g/mol. The van der Waals surface area contributed by atoms with Crippen molar-refractivity contribution in [2.45, 2.75) is 83.2 Å². The minimum absolute atomic E-state index is 0.298. The van der Waals surface area contributed by atoms with Crippen molar-refractivity contribution >= 4 is 102 Å². The maximum atomic E-state index is 14.2. The maximum absolute atomic E-state index is 14.2. The Hall–Kier alpha value is -4.68. The number of amides is 4. The van der Waals surface area contributed by atoms with Gasteiger partial charge in [0, 0.05) is 66.0 Å². The van der Waals surface area contributed by atoms with Crippen LogP contribution in [0.3, 0.4) is 0 Å². The molecule has 0 aliphatic carbocycles. The Kier molecular flexibility index (Phi) is 8.03. The number of unbranched alkanes of at least 4 members (excludes halogenated alkanes) is 2. The van der Waals surface area contributed by atoms with Gasteiger partial charge in [0.05, 0.1) is 16.4 Å². The van der Waals surface area contributed by atoms with Crippen LogP contribution in [0.2, 0.25) is 0 Å². The molecule has 2 aliphatic rings. The molecule has 10 heteroatoms. The molecule has 5 aromatic carbocycles. The van der Waals surface area contributed by atoms with Crippen molar-refractivity contribution in [3.63, 3.8) is 0 Å². The van der Waals surface area contributed by atoms with Crippen LogP contribution in [0.25, 0.3) is 43.1 Å². The number of thiocyanates is 1. The molecule has 2 heterocycles. The molecule has 2 aliphatic heterocycles. The molecule has 0 N–H and O–H groups in total. The number of thioether (sulfide) groups is 1. The van der Waals surface area contributed by atoms with E-state index >= 15 is 0 Å². The van der Waals surface area contributed by atoms with E-state index in [1.54, 1.807) is 24.3 Å². The van der Waals surface area contributed by atoms with E-state index in [9.17, 15) is 24.4 Å². The molecule has 0 saturated carbocycles. The average Bonchev–Trinajstić information content (AvgIpc) is 3.07. The van der Waals surface area contributed by atoms with E-state index in [0.29, 0.717) is 88.8 Å². The van der Waals surface area contributed by atoms with Crippen molar-refractivity contribution in [3.8, 4) is 5.40 Å². The molecule has 0 saturated heterocycles. The predicted octanol–water partition coefficient (Wildman–Crippen LogP) is 9.39. The standard InChI is InChI=1S/C38H32N4O4S2/c1-5-7-9-19(3)41-35(43)23-14-12-22-32-28(48-17-39)16-26-30-24(36(44)42(38(26)46)20(4)10-8-6-2)13-11-21(34(30)32)31-27(40-18-47)15-25(37(41)45)29(23)33(22)31/h11-16,19-20H,5-10H2,1-4H3. The summed E-state index contributed by atoms with van der Waals surface area (Å²) >= 11 is 6.02. The summed E-state index contributed by atoms with van der Waals surface area (Å²) in [5, 5.41) is 19.7. The van der Waals surface area contributed by atoms with Gasteiger partial charge in [0.15, 0.2) is 0 Å². The topological polar surface area (TPSA) is 111 Å². The van der Waals surface area contributed by atoms with Gasteiger partial charge in [-0.2, -0.15) is 10.3 Å². The Morgan fingerprint density at radius 2 is 1.19 bits per heavy atom. The highest BCUT2D eigenvalue weighted by molar-refractivity contribution is 8.04. The predicted molar refractivity (Wildman–Crippen MR) is 193 cm³/mol. The number of aliphatic imine (C=N–C) groups is 1. The lowest BCUT2D eigenvalue weighted by atomic mass is 9.81. The Labute approximate surface area is 287 Å². The molecule has 240 valence electrons. The molecule has 0 bridgehead atoms. The van der Waals surface area contributed by atoms with Crippen LogP contribution in [-0.2, 0) is 0 Å². The van der Waals surface area contributed by atoms with E-state index in [1.165, 1.54) is 9.80 Å². The third-order valence-electron chi connectivity index (χ3n) is 10.00. The molecular formula is C38H32N4O4S2. The van der Waals surface area contributed by atoms with Crippen molar-refractivity contribution in [3.05, 3.63) is 58.7 Å². The normalized spacial score (nSPS) is 15.6. The van der Waals surface area contributed by atoms with E-state index in [-0.39, 0.29) is 29.8 Å². The number of nitrogens with zero attached hydrogens (tertiary/aromatic N) is 4. The molecule has 0 spiro atoms. The van der Waals surface area contributed by atoms with Crippen molar-refractivity contribution in [1.29, 1.82) is 5.26 Å². The molecule has 7 rings (SSSR count). The van der Waals surface area contributed by atoms with Crippen LogP contribution in [-0.4, -0.2) is 50.7 Å². The number of fused-ring (bicyclic) bond motifs is 2. The minimum Gasteiger partial charge on any atom is -0.272 e. The van der Waals surface area contributed by atoms with Gasteiger partial charge in [0.2, 0.25) is 0 Å². The zero-order chi connectivity index (χ0) is 34.0. The Balaban J connectivity index is 1.61. The van der Waals surface area contributed by atoms with Crippen LogP contribution in [0.4, 0.5) is 5.69 Å². The smallest absolute Gasteiger partial charge is 0.261 e. The van der Waals surface area contributed by atoms with E-state index < -0.39 is 5.91 Å². The quantitative estimate of drug-likeness (QED) is 0.0276. The molecule has 2 unspecified atom stereocenters. The van der Waals surface area contributed by atoms with Crippen LogP contribution in [0.15, 0.2) is 46.3 Å². The van der Waals surface area contributed by atoms with Crippen molar-refractivity contribution in [1.82, 2.24) is 9.80 Å². The second-order valence-corrected chi connectivity index (χ2v) is 13.8. The van der Waals surface area contributed by atoms with Crippen LogP contribution < -0.4 is 0 Å². The molecular weight excluding hydrogens is 641 g/mol. The number of hydrogen-bond donors (Lipinski definition) is 0. The number of benzene rings is 5. The number of hydrogen-bond acceptors (Lipinski definition) is 8. The fraction of sp³-hybridized carbons (Fsp3) is 0.316. The largest absolute Gasteiger partial charge is 0.272 e. The number of carbonyl (C=O) groups excluding carboxylic acids is 4. The Bertz CT molecular complexity index is 2350. The molecule has 8 nitrogen and oxygen atoms in total. The van der Waals surface area contributed by atoms with Gasteiger partial charge in [-0.05, 0) is 85.7 Å². The molecule has 48 heavy (non-hydrogen) atoms. The number of isothiocyanates is 1. The lowest BCUT2D eigenvalue weighted by Gasteiger charge is -2.34. The van der Waals surface area contributed by atoms with Crippen molar-refractivity contribution in [2.75, 3.05) is 0 Å². The van der Waals surface area contributed by atoms with Gasteiger partial charge in [-0.25, -0.2) is 0 Å². The first kappa shape index (κ1) is 31.9. The van der Waals surface area contributed by atoms with Gasteiger partial charge < -0.3 is 0 Å². The summed E-state index contributed by atoms with van der Waals surface area (Å²) in [5.74, 6) is -1.48. The van der Waals surface area contributed by atoms with Gasteiger partial charge in [-0.1, -0.05) is 51.7 Å². The molecule has 5 aromatic rings. The molecule has 0 aromatic heterocycles.